The van der Waals surface area contributed by atoms with Gasteiger partial charge in [0.1, 0.15) is 6.04 Å². The summed E-state index contributed by atoms with van der Waals surface area (Å²) in [6, 6.07) is 13.1. The Morgan fingerprint density at radius 1 is 1.00 bits per heavy atom. The van der Waals surface area contributed by atoms with E-state index in [1.54, 1.807) is 41.3 Å². The summed E-state index contributed by atoms with van der Waals surface area (Å²) in [6.07, 6.45) is 2.69. The van der Waals surface area contributed by atoms with E-state index in [0.29, 0.717) is 22.2 Å². The van der Waals surface area contributed by atoms with Crippen LogP contribution >= 0.6 is 23.2 Å². The molecule has 198 valence electrons. The molecule has 0 unspecified atom stereocenters. The summed E-state index contributed by atoms with van der Waals surface area (Å²) in [6.45, 7) is 6.12. The highest BCUT2D eigenvalue weighted by atomic mass is 35.5. The molecule has 36 heavy (non-hydrogen) atoms. The van der Waals surface area contributed by atoms with Crippen molar-refractivity contribution in [3.63, 3.8) is 0 Å². The van der Waals surface area contributed by atoms with Crippen LogP contribution in [-0.4, -0.2) is 50.0 Å². The van der Waals surface area contributed by atoms with Crippen LogP contribution in [0.25, 0.3) is 0 Å². The Kier molecular flexibility index (Phi) is 11.5. The number of carbonyl (C=O) groups excluding carboxylic acids is 2. The number of nitrogens with zero attached hydrogens (tertiary/aromatic N) is 2. The Morgan fingerprint density at radius 3 is 2.22 bits per heavy atom. The summed E-state index contributed by atoms with van der Waals surface area (Å²) in [4.78, 5) is 28.0. The van der Waals surface area contributed by atoms with E-state index in [0.717, 1.165) is 18.2 Å². The molecule has 2 aromatic rings. The van der Waals surface area contributed by atoms with E-state index in [1.807, 2.05) is 32.9 Å². The lowest BCUT2D eigenvalue weighted by Gasteiger charge is -2.32. The number of sulfonamides is 1. The van der Waals surface area contributed by atoms with Gasteiger partial charge in [-0.2, -0.15) is 0 Å². The summed E-state index contributed by atoms with van der Waals surface area (Å²) in [7, 11) is -3.58. The number of hydrogen-bond donors (Lipinski definition) is 1. The summed E-state index contributed by atoms with van der Waals surface area (Å²) in [5, 5.41) is 3.98. The molecule has 0 saturated heterocycles. The molecule has 7 nitrogen and oxygen atoms in total. The lowest BCUT2D eigenvalue weighted by Crippen LogP contribution is -2.50. The average Bonchev–Trinajstić information content (AvgIpc) is 2.81. The van der Waals surface area contributed by atoms with Gasteiger partial charge in [0.15, 0.2) is 0 Å². The Morgan fingerprint density at radius 2 is 1.67 bits per heavy atom. The van der Waals surface area contributed by atoms with Crippen molar-refractivity contribution in [3.8, 4) is 0 Å². The van der Waals surface area contributed by atoms with Crippen molar-refractivity contribution < 1.29 is 18.0 Å². The summed E-state index contributed by atoms with van der Waals surface area (Å²) in [5.74, 6) is -0.429. The summed E-state index contributed by atoms with van der Waals surface area (Å²) >= 11 is 12.1. The van der Waals surface area contributed by atoms with Gasteiger partial charge in [0.2, 0.25) is 21.8 Å². The van der Waals surface area contributed by atoms with Crippen molar-refractivity contribution >= 4 is 50.7 Å². The van der Waals surface area contributed by atoms with E-state index < -0.39 is 16.1 Å². The third-order valence-electron chi connectivity index (χ3n) is 5.90. The molecular weight excluding hydrogens is 521 g/mol. The van der Waals surface area contributed by atoms with E-state index >= 15 is 0 Å². The fraction of sp³-hybridized carbons (Fsp3) is 0.462. The zero-order chi connectivity index (χ0) is 26.9. The minimum Gasteiger partial charge on any atom is -0.352 e. The molecule has 0 aliphatic rings. The third kappa shape index (κ3) is 8.98. The van der Waals surface area contributed by atoms with E-state index in [1.165, 1.54) is 4.31 Å². The molecule has 0 aliphatic heterocycles. The summed E-state index contributed by atoms with van der Waals surface area (Å²) in [5.41, 5.74) is 1.29. The van der Waals surface area contributed by atoms with E-state index in [2.05, 4.69) is 5.32 Å². The molecule has 1 N–H and O–H groups in total. The third-order valence-corrected chi connectivity index (χ3v) is 7.58. The maximum atomic E-state index is 13.4. The molecule has 0 saturated carbocycles. The van der Waals surface area contributed by atoms with Gasteiger partial charge in [-0.25, -0.2) is 8.42 Å². The number of carbonyl (C=O) groups is 2. The molecule has 0 aromatic heterocycles. The van der Waals surface area contributed by atoms with Crippen LogP contribution in [0.1, 0.15) is 52.0 Å². The van der Waals surface area contributed by atoms with Crippen molar-refractivity contribution in [3.05, 3.63) is 64.1 Å². The fourth-order valence-corrected chi connectivity index (χ4v) is 5.05. The highest BCUT2D eigenvalue weighted by Crippen LogP contribution is 2.23. The zero-order valence-corrected chi connectivity index (χ0v) is 23.5. The maximum Gasteiger partial charge on any atom is 0.243 e. The van der Waals surface area contributed by atoms with Crippen molar-refractivity contribution in [1.82, 2.24) is 10.2 Å². The topological polar surface area (TPSA) is 86.8 Å². The molecule has 2 aromatic carbocycles. The Hall–Kier alpha value is -2.29. The van der Waals surface area contributed by atoms with Gasteiger partial charge in [0, 0.05) is 35.6 Å². The molecule has 2 atom stereocenters. The number of benzene rings is 2. The number of hydrogen-bond acceptors (Lipinski definition) is 4. The molecule has 2 amide bonds. The zero-order valence-electron chi connectivity index (χ0n) is 21.2. The summed E-state index contributed by atoms with van der Waals surface area (Å²) < 4.78 is 26.1. The molecule has 0 heterocycles. The Labute approximate surface area is 224 Å². The van der Waals surface area contributed by atoms with Gasteiger partial charge in [-0.1, -0.05) is 55.2 Å². The maximum absolute atomic E-state index is 13.4. The normalized spacial score (nSPS) is 13.1. The van der Waals surface area contributed by atoms with Gasteiger partial charge in [-0.05, 0) is 62.1 Å². The van der Waals surface area contributed by atoms with Crippen LogP contribution in [0.3, 0.4) is 0 Å². The highest BCUT2D eigenvalue weighted by molar-refractivity contribution is 7.92. The second kappa shape index (κ2) is 13.9. The van der Waals surface area contributed by atoms with Crippen LogP contribution in [0.4, 0.5) is 5.69 Å². The quantitative estimate of drug-likeness (QED) is 0.365. The first-order chi connectivity index (χ1) is 17.0. The molecule has 0 aliphatic carbocycles. The lowest BCUT2D eigenvalue weighted by molar-refractivity contribution is -0.141. The number of amides is 2. The van der Waals surface area contributed by atoms with Crippen LogP contribution in [-0.2, 0) is 26.2 Å². The predicted octanol–water partition coefficient (Wildman–Crippen LogP) is 5.26. The molecule has 0 spiro atoms. The first-order valence-electron chi connectivity index (χ1n) is 12.0. The van der Waals surface area contributed by atoms with Crippen LogP contribution < -0.4 is 9.62 Å². The van der Waals surface area contributed by atoms with Crippen LogP contribution in [0, 0.1) is 0 Å². The first-order valence-corrected chi connectivity index (χ1v) is 14.6. The predicted molar refractivity (Wildman–Crippen MR) is 147 cm³/mol. The number of nitrogens with one attached hydrogen (secondary N) is 1. The number of anilines is 1. The van der Waals surface area contributed by atoms with Gasteiger partial charge in [0.05, 0.1) is 11.9 Å². The first kappa shape index (κ1) is 29.9. The van der Waals surface area contributed by atoms with Crippen LogP contribution in [0.2, 0.25) is 10.0 Å². The van der Waals surface area contributed by atoms with Gasteiger partial charge >= 0.3 is 0 Å². The largest absolute Gasteiger partial charge is 0.352 e. The lowest BCUT2D eigenvalue weighted by atomic mass is 10.1. The Balaban J connectivity index is 2.22. The van der Waals surface area contributed by atoms with Crippen LogP contribution in [0.5, 0.6) is 0 Å². The highest BCUT2D eigenvalue weighted by Gasteiger charge is 2.29. The van der Waals surface area contributed by atoms with Gasteiger partial charge in [0.25, 0.3) is 0 Å². The van der Waals surface area contributed by atoms with Gasteiger partial charge in [-0.3, -0.25) is 13.9 Å². The second-order valence-corrected chi connectivity index (χ2v) is 11.6. The van der Waals surface area contributed by atoms with Crippen molar-refractivity contribution in [2.45, 2.75) is 65.1 Å². The molecule has 0 bridgehead atoms. The molecule has 10 heteroatoms. The SMILES string of the molecule is CC[C@@H](C)NC(=O)[C@H](CC)N(Cc1ccc(Cl)cc1)C(=O)CCCN(c1cccc(Cl)c1)S(C)(=O)=O. The van der Waals surface area contributed by atoms with Crippen molar-refractivity contribution in [1.29, 1.82) is 0 Å². The minimum absolute atomic E-state index is 0.0138. The fourth-order valence-electron chi connectivity index (χ4n) is 3.78. The average molecular weight is 557 g/mol. The standard InChI is InChI=1S/C26H35Cl2N3O4S/c1-5-19(3)29-26(33)24(6-2)30(18-20-12-14-21(27)15-13-20)25(32)11-8-16-31(36(4,34)35)23-10-7-9-22(28)17-23/h7,9-10,12-15,17,19,24H,5-6,8,11,16,18H2,1-4H3,(H,29,33)/t19-,24+/m1/s1. The van der Waals surface area contributed by atoms with Crippen molar-refractivity contribution in [2.24, 2.45) is 0 Å². The molecule has 0 fully saturated rings. The second-order valence-electron chi connectivity index (χ2n) is 8.81. The minimum atomic E-state index is -3.58. The smallest absolute Gasteiger partial charge is 0.243 e. The van der Waals surface area contributed by atoms with E-state index in [4.69, 9.17) is 23.2 Å². The molecule has 0 radical (unpaired) electrons. The number of rotatable bonds is 13. The molecular formula is C26H35Cl2N3O4S. The number of halogens is 2. The molecule has 2 rings (SSSR count). The Bertz CT molecular complexity index is 1130. The van der Waals surface area contributed by atoms with Gasteiger partial charge in [-0.15, -0.1) is 0 Å². The monoisotopic (exact) mass is 555 g/mol. The van der Waals surface area contributed by atoms with E-state index in [9.17, 15) is 18.0 Å². The van der Waals surface area contributed by atoms with Crippen molar-refractivity contribution in [2.75, 3.05) is 17.1 Å². The van der Waals surface area contributed by atoms with E-state index in [-0.39, 0.29) is 43.8 Å². The van der Waals surface area contributed by atoms with Gasteiger partial charge < -0.3 is 10.2 Å². The van der Waals surface area contributed by atoms with Crippen LogP contribution in [0.15, 0.2) is 48.5 Å².